The van der Waals surface area contributed by atoms with Crippen LogP contribution < -0.4 is 0 Å². The molecular formula is C16H20N2OS. The van der Waals surface area contributed by atoms with E-state index in [1.54, 1.807) is 11.3 Å². The molecule has 0 atom stereocenters. The number of thiazole rings is 1. The largest absolute Gasteiger partial charge is 0.344 e. The predicted octanol–water partition coefficient (Wildman–Crippen LogP) is 3.71. The molecule has 0 spiro atoms. The molecular weight excluding hydrogens is 268 g/mol. The summed E-state index contributed by atoms with van der Waals surface area (Å²) >= 11 is 1.77. The third-order valence-electron chi connectivity index (χ3n) is 3.92. The number of hydrogen-bond acceptors (Lipinski definition) is 3. The van der Waals surface area contributed by atoms with E-state index in [0.29, 0.717) is 6.42 Å². The summed E-state index contributed by atoms with van der Waals surface area (Å²) < 4.78 is 2.20. The van der Waals surface area contributed by atoms with E-state index in [2.05, 4.69) is 30.3 Å². The molecule has 106 valence electrons. The van der Waals surface area contributed by atoms with E-state index in [0.717, 1.165) is 30.0 Å². The van der Waals surface area contributed by atoms with Gasteiger partial charge in [-0.3, -0.25) is 4.79 Å². The average molecular weight is 288 g/mol. The lowest BCUT2D eigenvalue weighted by molar-refractivity contribution is 0.0910. The molecule has 20 heavy (non-hydrogen) atoms. The second-order valence-electron chi connectivity index (χ2n) is 6.32. The molecule has 0 bridgehead atoms. The Morgan fingerprint density at radius 1 is 1.40 bits per heavy atom. The van der Waals surface area contributed by atoms with Crippen LogP contribution in [0, 0.1) is 5.41 Å². The second kappa shape index (κ2) is 4.85. The third-order valence-corrected chi connectivity index (χ3v) is 5.05. The van der Waals surface area contributed by atoms with Gasteiger partial charge in [0.1, 0.15) is 5.01 Å². The van der Waals surface area contributed by atoms with Crippen molar-refractivity contribution in [3.63, 3.8) is 0 Å². The van der Waals surface area contributed by atoms with Crippen molar-refractivity contribution in [2.45, 2.75) is 46.6 Å². The maximum absolute atomic E-state index is 12.2. The van der Waals surface area contributed by atoms with Crippen LogP contribution in [0.4, 0.5) is 0 Å². The molecule has 2 aromatic rings. The van der Waals surface area contributed by atoms with E-state index in [1.165, 1.54) is 10.6 Å². The molecule has 0 fully saturated rings. The number of ketones is 1. The fourth-order valence-corrected chi connectivity index (χ4v) is 3.74. The van der Waals surface area contributed by atoms with Crippen molar-refractivity contribution in [1.82, 2.24) is 9.55 Å². The van der Waals surface area contributed by atoms with Gasteiger partial charge >= 0.3 is 0 Å². The van der Waals surface area contributed by atoms with Gasteiger partial charge in [-0.2, -0.15) is 0 Å². The maximum atomic E-state index is 12.2. The van der Waals surface area contributed by atoms with Crippen molar-refractivity contribution in [3.8, 4) is 0 Å². The summed E-state index contributed by atoms with van der Waals surface area (Å²) in [6.45, 7) is 7.27. The number of nitrogens with zero attached hydrogens (tertiary/aromatic N) is 2. The molecule has 0 radical (unpaired) electrons. The topological polar surface area (TPSA) is 34.9 Å². The van der Waals surface area contributed by atoms with Gasteiger partial charge in [-0.05, 0) is 24.3 Å². The summed E-state index contributed by atoms with van der Waals surface area (Å²) in [4.78, 5) is 18.0. The fourth-order valence-electron chi connectivity index (χ4n) is 2.88. The summed E-state index contributed by atoms with van der Waals surface area (Å²) in [7, 11) is 0. The van der Waals surface area contributed by atoms with Crippen LogP contribution in [0.1, 0.15) is 53.1 Å². The molecule has 0 aromatic carbocycles. The van der Waals surface area contributed by atoms with Gasteiger partial charge in [0.25, 0.3) is 0 Å². The number of aryl methyl sites for hydroxylation is 1. The molecule has 0 saturated carbocycles. The Morgan fingerprint density at radius 3 is 2.90 bits per heavy atom. The van der Waals surface area contributed by atoms with Crippen LogP contribution in [0.25, 0.3) is 0 Å². The minimum Gasteiger partial charge on any atom is -0.344 e. The van der Waals surface area contributed by atoms with E-state index in [1.807, 2.05) is 18.5 Å². The third kappa shape index (κ3) is 2.44. The first-order valence-electron chi connectivity index (χ1n) is 7.13. The predicted molar refractivity (Wildman–Crippen MR) is 81.5 cm³/mol. The van der Waals surface area contributed by atoms with Gasteiger partial charge in [0, 0.05) is 34.9 Å². The Morgan fingerprint density at radius 2 is 2.20 bits per heavy atom. The lowest BCUT2D eigenvalue weighted by Crippen LogP contribution is -2.28. The van der Waals surface area contributed by atoms with Crippen molar-refractivity contribution in [3.05, 3.63) is 39.6 Å². The Balaban J connectivity index is 1.90. The van der Waals surface area contributed by atoms with Crippen LogP contribution in [0.3, 0.4) is 0 Å². The first-order chi connectivity index (χ1) is 9.48. The van der Waals surface area contributed by atoms with Crippen molar-refractivity contribution < 1.29 is 4.79 Å². The SMILES string of the molecule is CCc1cnc(Cn2ccc3c2CC(C)(C)CC3=O)s1. The van der Waals surface area contributed by atoms with Crippen molar-refractivity contribution in [2.24, 2.45) is 5.41 Å². The van der Waals surface area contributed by atoms with Gasteiger partial charge < -0.3 is 4.57 Å². The highest BCUT2D eigenvalue weighted by Gasteiger charge is 2.32. The zero-order chi connectivity index (χ0) is 14.3. The molecule has 2 heterocycles. The highest BCUT2D eigenvalue weighted by atomic mass is 32.1. The number of carbonyl (C=O) groups is 1. The van der Waals surface area contributed by atoms with Gasteiger partial charge in [-0.1, -0.05) is 20.8 Å². The number of fused-ring (bicyclic) bond motifs is 1. The van der Waals surface area contributed by atoms with Gasteiger partial charge in [-0.25, -0.2) is 4.98 Å². The van der Waals surface area contributed by atoms with Gasteiger partial charge in [0.15, 0.2) is 5.78 Å². The molecule has 0 N–H and O–H groups in total. The summed E-state index contributed by atoms with van der Waals surface area (Å²) in [5.41, 5.74) is 2.16. The Hall–Kier alpha value is -1.42. The van der Waals surface area contributed by atoms with Crippen molar-refractivity contribution in [2.75, 3.05) is 0 Å². The van der Waals surface area contributed by atoms with E-state index < -0.39 is 0 Å². The molecule has 0 aliphatic heterocycles. The molecule has 0 unspecified atom stereocenters. The number of hydrogen-bond donors (Lipinski definition) is 0. The van der Waals surface area contributed by atoms with Gasteiger partial charge in [0.05, 0.1) is 6.54 Å². The standard InChI is InChI=1S/C16H20N2OS/c1-4-11-9-17-15(20-11)10-18-6-5-12-13(18)7-16(2,3)8-14(12)19/h5-6,9H,4,7-8,10H2,1-3H3. The molecule has 0 saturated heterocycles. The summed E-state index contributed by atoms with van der Waals surface area (Å²) in [5.74, 6) is 0.281. The smallest absolute Gasteiger partial charge is 0.165 e. The minimum absolute atomic E-state index is 0.0671. The number of Topliss-reactive ketones (excluding diaryl/α,β-unsaturated/α-hetero) is 1. The Bertz CT molecular complexity index is 651. The van der Waals surface area contributed by atoms with E-state index in [-0.39, 0.29) is 11.2 Å². The molecule has 1 aliphatic rings. The minimum atomic E-state index is 0.0671. The summed E-state index contributed by atoms with van der Waals surface area (Å²) in [5, 5.41) is 1.12. The van der Waals surface area contributed by atoms with Crippen LogP contribution in [0.2, 0.25) is 0 Å². The van der Waals surface area contributed by atoms with Crippen LogP contribution >= 0.6 is 11.3 Å². The first kappa shape index (κ1) is 13.6. The fraction of sp³-hybridized carbons (Fsp3) is 0.500. The van der Waals surface area contributed by atoms with Crippen LogP contribution in [-0.2, 0) is 19.4 Å². The van der Waals surface area contributed by atoms with Crippen LogP contribution in [-0.4, -0.2) is 15.3 Å². The van der Waals surface area contributed by atoms with Crippen molar-refractivity contribution in [1.29, 1.82) is 0 Å². The number of carbonyl (C=O) groups excluding carboxylic acids is 1. The Kier molecular flexibility index (Phi) is 3.28. The molecule has 1 aliphatic carbocycles. The molecule has 0 amide bonds. The van der Waals surface area contributed by atoms with Crippen LogP contribution in [0.5, 0.6) is 0 Å². The first-order valence-corrected chi connectivity index (χ1v) is 7.95. The highest BCUT2D eigenvalue weighted by molar-refractivity contribution is 7.11. The van der Waals surface area contributed by atoms with Crippen molar-refractivity contribution >= 4 is 17.1 Å². The highest BCUT2D eigenvalue weighted by Crippen LogP contribution is 2.35. The molecule has 4 heteroatoms. The lowest BCUT2D eigenvalue weighted by atomic mass is 9.76. The maximum Gasteiger partial charge on any atom is 0.165 e. The molecule has 2 aromatic heterocycles. The zero-order valence-corrected chi connectivity index (χ0v) is 13.1. The lowest BCUT2D eigenvalue weighted by Gasteiger charge is -2.29. The van der Waals surface area contributed by atoms with Gasteiger partial charge in [-0.15, -0.1) is 11.3 Å². The van der Waals surface area contributed by atoms with E-state index in [4.69, 9.17) is 0 Å². The Labute approximate surface area is 123 Å². The van der Waals surface area contributed by atoms with Gasteiger partial charge in [0.2, 0.25) is 0 Å². The number of aromatic nitrogens is 2. The monoisotopic (exact) mass is 288 g/mol. The quantitative estimate of drug-likeness (QED) is 0.863. The summed E-state index contributed by atoms with van der Waals surface area (Å²) in [6.07, 6.45) is 6.66. The summed E-state index contributed by atoms with van der Waals surface area (Å²) in [6, 6.07) is 1.97. The molecule has 3 rings (SSSR count). The molecule has 3 nitrogen and oxygen atoms in total. The average Bonchev–Trinajstić information content (AvgIpc) is 2.96. The number of rotatable bonds is 3. The second-order valence-corrected chi connectivity index (χ2v) is 7.52. The normalized spacial score (nSPS) is 17.2. The zero-order valence-electron chi connectivity index (χ0n) is 12.3. The van der Waals surface area contributed by atoms with Crippen LogP contribution in [0.15, 0.2) is 18.5 Å². The van der Waals surface area contributed by atoms with E-state index >= 15 is 0 Å². The van der Waals surface area contributed by atoms with E-state index in [9.17, 15) is 4.79 Å².